The lowest BCUT2D eigenvalue weighted by atomic mass is 9.96. The minimum Gasteiger partial charge on any atom is -0.256 e. The van der Waals surface area contributed by atoms with E-state index in [2.05, 4.69) is 138 Å². The Labute approximate surface area is 246 Å². The van der Waals surface area contributed by atoms with E-state index in [1.807, 2.05) is 36.5 Å². The second-order valence-electron chi connectivity index (χ2n) is 10.3. The summed E-state index contributed by atoms with van der Waals surface area (Å²) in [7, 11) is 0. The van der Waals surface area contributed by atoms with Crippen LogP contribution in [0.4, 0.5) is 0 Å². The van der Waals surface area contributed by atoms with Crippen LogP contribution < -0.4 is 0 Å². The maximum Gasteiger partial charge on any atom is 0.0715 e. The van der Waals surface area contributed by atoms with Gasteiger partial charge in [-0.25, -0.2) is 4.98 Å². The first-order valence-electron chi connectivity index (χ1n) is 14.2. The molecule has 7 rings (SSSR count). The summed E-state index contributed by atoms with van der Waals surface area (Å²) in [6.07, 6.45) is 1.83. The molecule has 0 atom stereocenters. The van der Waals surface area contributed by atoms with Gasteiger partial charge in [-0.1, -0.05) is 127 Å². The Morgan fingerprint density at radius 2 is 0.714 bits per heavy atom. The Morgan fingerprint density at radius 1 is 0.262 bits per heavy atom. The Morgan fingerprint density at radius 3 is 1.24 bits per heavy atom. The molecule has 2 heterocycles. The van der Waals surface area contributed by atoms with Crippen molar-refractivity contribution in [2.75, 3.05) is 0 Å². The number of pyridine rings is 2. The lowest BCUT2D eigenvalue weighted by molar-refractivity contribution is 1.32. The molecule has 0 radical (unpaired) electrons. The third-order valence-corrected chi connectivity index (χ3v) is 7.54. The molecular formula is C40H28N2. The zero-order valence-corrected chi connectivity index (χ0v) is 23.1. The van der Waals surface area contributed by atoms with Crippen LogP contribution in [0.5, 0.6) is 0 Å². The lowest BCUT2D eigenvalue weighted by Crippen LogP contribution is -1.92. The van der Waals surface area contributed by atoms with Crippen molar-refractivity contribution >= 4 is 0 Å². The highest BCUT2D eigenvalue weighted by Gasteiger charge is 2.11. The summed E-state index contributed by atoms with van der Waals surface area (Å²) in [5.74, 6) is 0. The Kier molecular flexibility index (Phi) is 6.94. The lowest BCUT2D eigenvalue weighted by Gasteiger charge is -2.13. The minimum atomic E-state index is 0.944. The van der Waals surface area contributed by atoms with E-state index in [9.17, 15) is 0 Å². The topological polar surface area (TPSA) is 25.8 Å². The largest absolute Gasteiger partial charge is 0.256 e. The number of nitrogens with zero attached hydrogens (tertiary/aromatic N) is 2. The molecule has 5 aromatic carbocycles. The molecule has 2 aromatic heterocycles. The van der Waals surface area contributed by atoms with Gasteiger partial charge in [0.15, 0.2) is 0 Å². The number of hydrogen-bond acceptors (Lipinski definition) is 2. The molecule has 0 saturated heterocycles. The summed E-state index contributed by atoms with van der Waals surface area (Å²) in [4.78, 5) is 9.74. The normalized spacial score (nSPS) is 10.9. The van der Waals surface area contributed by atoms with Crippen molar-refractivity contribution < 1.29 is 0 Å². The highest BCUT2D eigenvalue weighted by atomic mass is 14.7. The van der Waals surface area contributed by atoms with Crippen LogP contribution in [0.15, 0.2) is 170 Å². The van der Waals surface area contributed by atoms with Gasteiger partial charge in [0, 0.05) is 22.9 Å². The van der Waals surface area contributed by atoms with Gasteiger partial charge in [0.25, 0.3) is 0 Å². The summed E-state index contributed by atoms with van der Waals surface area (Å²) in [6.45, 7) is 0. The first kappa shape index (κ1) is 25.4. The summed E-state index contributed by atoms with van der Waals surface area (Å²) in [5, 5.41) is 0. The van der Waals surface area contributed by atoms with Gasteiger partial charge in [0.1, 0.15) is 0 Å². The number of aromatic nitrogens is 2. The van der Waals surface area contributed by atoms with Crippen molar-refractivity contribution in [3.05, 3.63) is 170 Å². The predicted octanol–water partition coefficient (Wildman–Crippen LogP) is 10.5. The minimum absolute atomic E-state index is 0.944. The Balaban J connectivity index is 1.35. The quantitative estimate of drug-likeness (QED) is 0.211. The van der Waals surface area contributed by atoms with E-state index in [4.69, 9.17) is 4.98 Å². The van der Waals surface area contributed by atoms with E-state index in [1.54, 1.807) is 0 Å². The molecule has 2 nitrogen and oxygen atoms in total. The molecule has 2 heteroatoms. The Hall–Kier alpha value is -5.60. The second kappa shape index (κ2) is 11.5. The molecule has 0 saturated carbocycles. The van der Waals surface area contributed by atoms with E-state index in [0.29, 0.717) is 0 Å². The van der Waals surface area contributed by atoms with Crippen molar-refractivity contribution in [1.29, 1.82) is 0 Å². The van der Waals surface area contributed by atoms with Crippen LogP contribution in [-0.2, 0) is 0 Å². The van der Waals surface area contributed by atoms with Gasteiger partial charge >= 0.3 is 0 Å². The predicted molar refractivity (Wildman–Crippen MR) is 175 cm³/mol. The van der Waals surface area contributed by atoms with E-state index in [0.717, 1.165) is 44.9 Å². The van der Waals surface area contributed by atoms with Gasteiger partial charge in [0.05, 0.1) is 17.1 Å². The number of benzene rings is 5. The second-order valence-corrected chi connectivity index (χ2v) is 10.3. The van der Waals surface area contributed by atoms with Crippen LogP contribution in [0.2, 0.25) is 0 Å². The molecule has 7 aromatic rings. The molecule has 0 unspecified atom stereocenters. The fourth-order valence-corrected chi connectivity index (χ4v) is 5.34. The maximum absolute atomic E-state index is 5.22. The molecule has 0 N–H and O–H groups in total. The van der Waals surface area contributed by atoms with Crippen LogP contribution in [-0.4, -0.2) is 9.97 Å². The molecule has 0 fully saturated rings. The van der Waals surface area contributed by atoms with Crippen LogP contribution in [0.25, 0.3) is 67.2 Å². The van der Waals surface area contributed by atoms with E-state index in [-0.39, 0.29) is 0 Å². The van der Waals surface area contributed by atoms with Gasteiger partial charge in [0.2, 0.25) is 0 Å². The fourth-order valence-electron chi connectivity index (χ4n) is 5.34. The first-order valence-corrected chi connectivity index (χ1v) is 14.2. The van der Waals surface area contributed by atoms with Crippen molar-refractivity contribution in [2.24, 2.45) is 0 Å². The fraction of sp³-hybridized carbons (Fsp3) is 0. The van der Waals surface area contributed by atoms with Crippen LogP contribution in [0.1, 0.15) is 0 Å². The summed E-state index contributed by atoms with van der Waals surface area (Å²) < 4.78 is 0. The van der Waals surface area contributed by atoms with Gasteiger partial charge in [-0.3, -0.25) is 4.98 Å². The van der Waals surface area contributed by atoms with E-state index in [1.165, 1.54) is 22.3 Å². The zero-order valence-electron chi connectivity index (χ0n) is 23.1. The molecule has 198 valence electrons. The molecule has 0 amide bonds. The average molecular weight is 537 g/mol. The average Bonchev–Trinajstić information content (AvgIpc) is 3.09. The van der Waals surface area contributed by atoms with Crippen molar-refractivity contribution in [3.63, 3.8) is 0 Å². The summed E-state index contributed by atoms with van der Waals surface area (Å²) in [5.41, 5.74) is 13.1. The monoisotopic (exact) mass is 536 g/mol. The van der Waals surface area contributed by atoms with Crippen molar-refractivity contribution in [2.45, 2.75) is 0 Å². The highest BCUT2D eigenvalue weighted by Crippen LogP contribution is 2.34. The van der Waals surface area contributed by atoms with E-state index < -0.39 is 0 Å². The molecule has 42 heavy (non-hydrogen) atoms. The molecular weight excluding hydrogens is 508 g/mol. The van der Waals surface area contributed by atoms with Gasteiger partial charge in [-0.05, 0) is 69.8 Å². The molecule has 0 aliphatic heterocycles. The molecule has 0 aliphatic rings. The molecule has 0 bridgehead atoms. The standard InChI is InChI=1S/C40H28N2/c1-3-11-29(12-4-1)33-15-9-17-35(25-33)39-27-37(31-20-22-32(23-21-31)38-19-7-8-24-41-38)28-40(42-39)36-18-10-16-34(26-36)30-13-5-2-6-14-30/h1-28H. The summed E-state index contributed by atoms with van der Waals surface area (Å²) in [6, 6.07) is 57.3. The first-order chi connectivity index (χ1) is 20.8. The smallest absolute Gasteiger partial charge is 0.0715 e. The zero-order chi connectivity index (χ0) is 28.1. The summed E-state index contributed by atoms with van der Waals surface area (Å²) >= 11 is 0. The number of hydrogen-bond donors (Lipinski definition) is 0. The molecule has 0 spiro atoms. The van der Waals surface area contributed by atoms with E-state index >= 15 is 0 Å². The van der Waals surface area contributed by atoms with Crippen molar-refractivity contribution in [1.82, 2.24) is 9.97 Å². The third kappa shape index (κ3) is 5.39. The van der Waals surface area contributed by atoms with Crippen LogP contribution >= 0.6 is 0 Å². The van der Waals surface area contributed by atoms with Crippen molar-refractivity contribution in [3.8, 4) is 67.2 Å². The third-order valence-electron chi connectivity index (χ3n) is 7.54. The van der Waals surface area contributed by atoms with Crippen LogP contribution in [0, 0.1) is 0 Å². The molecule has 0 aliphatic carbocycles. The van der Waals surface area contributed by atoms with Crippen LogP contribution in [0.3, 0.4) is 0 Å². The maximum atomic E-state index is 5.22. The number of rotatable bonds is 6. The Bertz CT molecular complexity index is 1840. The SMILES string of the molecule is c1ccc(-c2cccc(-c3cc(-c4ccc(-c5ccccn5)cc4)cc(-c4cccc(-c5ccccc5)c4)n3)c2)cc1. The van der Waals surface area contributed by atoms with Gasteiger partial charge < -0.3 is 0 Å². The highest BCUT2D eigenvalue weighted by molar-refractivity contribution is 5.81. The van der Waals surface area contributed by atoms with Gasteiger partial charge in [-0.15, -0.1) is 0 Å². The van der Waals surface area contributed by atoms with Gasteiger partial charge in [-0.2, -0.15) is 0 Å².